The second-order valence-corrected chi connectivity index (χ2v) is 7.45. The van der Waals surface area contributed by atoms with Crippen LogP contribution >= 0.6 is 0 Å². The Labute approximate surface area is 160 Å². The summed E-state index contributed by atoms with van der Waals surface area (Å²) in [5.41, 5.74) is 0.773. The van der Waals surface area contributed by atoms with E-state index in [1.54, 1.807) is 18.5 Å². The quantitative estimate of drug-likeness (QED) is 0.751. The molecule has 2 amide bonds. The number of carbonyl (C=O) groups excluding carboxylic acids is 2. The third-order valence-corrected chi connectivity index (χ3v) is 5.42. The number of ether oxygens (including phenoxy) is 1. The number of unbranched alkanes of at least 4 members (excludes halogenated alkanes) is 1. The molecule has 148 valence electrons. The van der Waals surface area contributed by atoms with Gasteiger partial charge in [0, 0.05) is 18.9 Å². The van der Waals surface area contributed by atoms with Gasteiger partial charge in [0.25, 0.3) is 5.91 Å². The van der Waals surface area contributed by atoms with Gasteiger partial charge in [-0.1, -0.05) is 19.4 Å². The van der Waals surface area contributed by atoms with E-state index < -0.39 is 12.1 Å². The van der Waals surface area contributed by atoms with E-state index in [1.807, 2.05) is 6.07 Å². The highest BCUT2D eigenvalue weighted by Gasteiger charge is 2.36. The molecule has 1 aromatic heterocycles. The molecule has 0 aromatic carbocycles. The van der Waals surface area contributed by atoms with Crippen molar-refractivity contribution in [1.82, 2.24) is 20.5 Å². The standard InChI is InChI=1S/C20H30N4O3/c1-2-3-9-24-10-6-15(7-11-24)12-22-20(26)19-18(23-17(25)14-27-19)16-5-4-8-21-13-16/h4-5,8,13,15,18-19H,2-3,6-7,9-12,14H2,1H3,(H,22,26)(H,23,25)/t18-,19+/m1/s1. The van der Waals surface area contributed by atoms with Crippen LogP contribution in [0.1, 0.15) is 44.2 Å². The van der Waals surface area contributed by atoms with Crippen molar-refractivity contribution in [1.29, 1.82) is 0 Å². The molecule has 0 bridgehead atoms. The van der Waals surface area contributed by atoms with Crippen LogP contribution in [-0.2, 0) is 14.3 Å². The molecule has 2 aliphatic heterocycles. The van der Waals surface area contributed by atoms with Gasteiger partial charge in [-0.15, -0.1) is 0 Å². The molecule has 0 unspecified atom stereocenters. The first kappa shape index (κ1) is 19.8. The first-order valence-electron chi connectivity index (χ1n) is 9.98. The van der Waals surface area contributed by atoms with Gasteiger partial charge in [0.15, 0.2) is 6.10 Å². The lowest BCUT2D eigenvalue weighted by molar-refractivity contribution is -0.148. The summed E-state index contributed by atoms with van der Waals surface area (Å²) in [6, 6.07) is 3.13. The van der Waals surface area contributed by atoms with E-state index in [4.69, 9.17) is 4.74 Å². The molecule has 3 rings (SSSR count). The smallest absolute Gasteiger partial charge is 0.251 e. The fraction of sp³-hybridized carbons (Fsp3) is 0.650. The lowest BCUT2D eigenvalue weighted by atomic mass is 9.96. The van der Waals surface area contributed by atoms with Crippen molar-refractivity contribution in [2.75, 3.05) is 32.8 Å². The van der Waals surface area contributed by atoms with Crippen molar-refractivity contribution >= 4 is 11.8 Å². The number of hydrogen-bond donors (Lipinski definition) is 2. The van der Waals surface area contributed by atoms with Crippen LogP contribution in [0.2, 0.25) is 0 Å². The first-order chi connectivity index (χ1) is 13.2. The van der Waals surface area contributed by atoms with Crippen molar-refractivity contribution in [3.8, 4) is 0 Å². The van der Waals surface area contributed by atoms with Gasteiger partial charge in [0.2, 0.25) is 5.91 Å². The molecule has 1 aromatic rings. The van der Waals surface area contributed by atoms with Gasteiger partial charge in [-0.2, -0.15) is 0 Å². The number of piperidine rings is 1. The maximum absolute atomic E-state index is 12.7. The van der Waals surface area contributed by atoms with E-state index in [-0.39, 0.29) is 18.4 Å². The first-order valence-corrected chi connectivity index (χ1v) is 9.98. The van der Waals surface area contributed by atoms with E-state index >= 15 is 0 Å². The number of aromatic nitrogens is 1. The molecule has 3 heterocycles. The lowest BCUT2D eigenvalue weighted by Crippen LogP contribution is -2.53. The molecule has 0 spiro atoms. The van der Waals surface area contributed by atoms with Gasteiger partial charge in [-0.05, 0) is 56.4 Å². The molecule has 0 saturated carbocycles. The fourth-order valence-corrected chi connectivity index (χ4v) is 3.74. The van der Waals surface area contributed by atoms with Crippen molar-refractivity contribution < 1.29 is 14.3 Å². The van der Waals surface area contributed by atoms with Gasteiger partial charge in [-0.3, -0.25) is 14.6 Å². The van der Waals surface area contributed by atoms with E-state index in [9.17, 15) is 9.59 Å². The molecule has 0 aliphatic carbocycles. The van der Waals surface area contributed by atoms with Crippen LogP contribution in [0.15, 0.2) is 24.5 Å². The minimum absolute atomic E-state index is 0.0926. The van der Waals surface area contributed by atoms with Crippen molar-refractivity contribution in [3.63, 3.8) is 0 Å². The van der Waals surface area contributed by atoms with Crippen molar-refractivity contribution in [3.05, 3.63) is 30.1 Å². The Morgan fingerprint density at radius 1 is 1.41 bits per heavy atom. The highest BCUT2D eigenvalue weighted by atomic mass is 16.5. The number of amides is 2. The third kappa shape index (κ3) is 5.49. The maximum Gasteiger partial charge on any atom is 0.251 e. The predicted molar refractivity (Wildman–Crippen MR) is 102 cm³/mol. The molecule has 27 heavy (non-hydrogen) atoms. The van der Waals surface area contributed by atoms with E-state index in [2.05, 4.69) is 27.4 Å². The SMILES string of the molecule is CCCCN1CCC(CNC(=O)[C@H]2OCC(=O)N[C@@H]2c2cccnc2)CC1. The van der Waals surface area contributed by atoms with Gasteiger partial charge >= 0.3 is 0 Å². The molecule has 0 radical (unpaired) electrons. The average molecular weight is 374 g/mol. The molecular formula is C20H30N4O3. The van der Waals surface area contributed by atoms with Crippen LogP contribution in [-0.4, -0.2) is 60.6 Å². The van der Waals surface area contributed by atoms with Gasteiger partial charge in [-0.25, -0.2) is 0 Å². The molecule has 7 heteroatoms. The largest absolute Gasteiger partial charge is 0.356 e. The Kier molecular flexibility index (Phi) is 7.18. The van der Waals surface area contributed by atoms with Crippen LogP contribution < -0.4 is 10.6 Å². The Balaban J connectivity index is 1.50. The summed E-state index contributed by atoms with van der Waals surface area (Å²) in [6.07, 6.45) is 7.30. The summed E-state index contributed by atoms with van der Waals surface area (Å²) in [5.74, 6) is 0.117. The number of nitrogens with zero attached hydrogens (tertiary/aromatic N) is 2. The second kappa shape index (κ2) is 9.80. The van der Waals surface area contributed by atoms with E-state index in [0.29, 0.717) is 12.5 Å². The summed E-state index contributed by atoms with van der Waals surface area (Å²) in [5, 5.41) is 5.90. The fourth-order valence-electron chi connectivity index (χ4n) is 3.74. The van der Waals surface area contributed by atoms with Crippen LogP contribution in [0.3, 0.4) is 0 Å². The number of nitrogens with one attached hydrogen (secondary N) is 2. The van der Waals surface area contributed by atoms with Gasteiger partial charge in [0.05, 0.1) is 6.04 Å². The number of hydrogen-bond acceptors (Lipinski definition) is 5. The monoisotopic (exact) mass is 374 g/mol. The van der Waals surface area contributed by atoms with Crippen molar-refractivity contribution in [2.24, 2.45) is 5.92 Å². The summed E-state index contributed by atoms with van der Waals surface area (Å²) in [4.78, 5) is 31.0. The Hall–Kier alpha value is -1.99. The molecule has 2 saturated heterocycles. The highest BCUT2D eigenvalue weighted by molar-refractivity contribution is 5.86. The van der Waals surface area contributed by atoms with E-state index in [0.717, 1.165) is 31.5 Å². The Morgan fingerprint density at radius 3 is 2.93 bits per heavy atom. The van der Waals surface area contributed by atoms with Crippen molar-refractivity contribution in [2.45, 2.75) is 44.8 Å². The summed E-state index contributed by atoms with van der Waals surface area (Å²) in [6.45, 7) is 6.18. The summed E-state index contributed by atoms with van der Waals surface area (Å²) in [7, 11) is 0. The topological polar surface area (TPSA) is 83.6 Å². The van der Waals surface area contributed by atoms with Gasteiger partial charge in [0.1, 0.15) is 6.61 Å². The minimum atomic E-state index is -0.725. The van der Waals surface area contributed by atoms with Crippen LogP contribution in [0.5, 0.6) is 0 Å². The molecule has 2 atom stereocenters. The van der Waals surface area contributed by atoms with Crippen LogP contribution in [0.4, 0.5) is 0 Å². The summed E-state index contributed by atoms with van der Waals surface area (Å²) >= 11 is 0. The number of likely N-dealkylation sites (tertiary alicyclic amines) is 1. The molecule has 7 nitrogen and oxygen atoms in total. The zero-order chi connectivity index (χ0) is 19.1. The predicted octanol–water partition coefficient (Wildman–Crippen LogP) is 1.27. The summed E-state index contributed by atoms with van der Waals surface area (Å²) < 4.78 is 5.56. The zero-order valence-electron chi connectivity index (χ0n) is 16.0. The van der Waals surface area contributed by atoms with Crippen LogP contribution in [0, 0.1) is 5.92 Å². The Bertz CT molecular complexity index is 617. The average Bonchev–Trinajstić information content (AvgIpc) is 2.72. The highest BCUT2D eigenvalue weighted by Crippen LogP contribution is 2.22. The zero-order valence-corrected chi connectivity index (χ0v) is 16.0. The number of morpholine rings is 1. The van der Waals surface area contributed by atoms with Crippen LogP contribution in [0.25, 0.3) is 0 Å². The van der Waals surface area contributed by atoms with E-state index in [1.165, 1.54) is 19.4 Å². The maximum atomic E-state index is 12.7. The number of rotatable bonds is 7. The molecule has 2 N–H and O–H groups in total. The lowest BCUT2D eigenvalue weighted by Gasteiger charge is -2.34. The normalized spacial score (nSPS) is 24.4. The minimum Gasteiger partial charge on any atom is -0.356 e. The number of pyridine rings is 1. The Morgan fingerprint density at radius 2 is 2.22 bits per heavy atom. The van der Waals surface area contributed by atoms with Gasteiger partial charge < -0.3 is 20.3 Å². The number of carbonyl (C=O) groups is 2. The molecular weight excluding hydrogens is 344 g/mol. The molecule has 2 fully saturated rings. The molecule has 2 aliphatic rings. The second-order valence-electron chi connectivity index (χ2n) is 7.45. The third-order valence-electron chi connectivity index (χ3n) is 5.42.